The number of benzene rings is 2. The minimum Gasteiger partial charge on any atom is -0.438 e. The molecule has 0 aliphatic heterocycles. The number of para-hydroxylation sites is 1. The third-order valence-corrected chi connectivity index (χ3v) is 3.58. The normalized spacial score (nSPS) is 10.3. The van der Waals surface area contributed by atoms with Crippen molar-refractivity contribution in [1.82, 2.24) is 4.98 Å². The van der Waals surface area contributed by atoms with E-state index in [1.807, 2.05) is 18.2 Å². The molecule has 0 aliphatic rings. The Morgan fingerprint density at radius 1 is 1.14 bits per heavy atom. The van der Waals surface area contributed by atoms with Crippen LogP contribution in [0.2, 0.25) is 0 Å². The van der Waals surface area contributed by atoms with E-state index in [2.05, 4.69) is 27.0 Å². The summed E-state index contributed by atoms with van der Waals surface area (Å²) in [5.74, 6) is 0.146. The maximum Gasteiger partial charge on any atom is 0.221 e. The third-order valence-electron chi connectivity index (χ3n) is 2.92. The van der Waals surface area contributed by atoms with Crippen LogP contribution < -0.4 is 4.74 Å². The van der Waals surface area contributed by atoms with Crippen LogP contribution in [0.15, 0.2) is 53.0 Å². The van der Waals surface area contributed by atoms with Crippen molar-refractivity contribution >= 4 is 26.8 Å². The smallest absolute Gasteiger partial charge is 0.221 e. The Morgan fingerprint density at radius 2 is 1.95 bits per heavy atom. The second-order valence-corrected chi connectivity index (χ2v) is 5.17. The maximum atomic E-state index is 13.3. The average molecular weight is 343 g/mol. The van der Waals surface area contributed by atoms with Gasteiger partial charge in [-0.15, -0.1) is 0 Å². The van der Waals surface area contributed by atoms with Gasteiger partial charge in [-0.1, -0.05) is 18.2 Å². The van der Waals surface area contributed by atoms with E-state index in [0.717, 1.165) is 5.39 Å². The summed E-state index contributed by atoms with van der Waals surface area (Å²) >= 11 is 3.29. The second-order valence-electron chi connectivity index (χ2n) is 4.31. The highest BCUT2D eigenvalue weighted by molar-refractivity contribution is 9.10. The molecule has 0 unspecified atom stereocenters. The lowest BCUT2D eigenvalue weighted by Crippen LogP contribution is -1.92. The van der Waals surface area contributed by atoms with Gasteiger partial charge in [0.25, 0.3) is 0 Å². The molecule has 0 N–H and O–H groups in total. The van der Waals surface area contributed by atoms with Gasteiger partial charge in [-0.2, -0.15) is 5.26 Å². The number of halogens is 2. The number of nitrogens with zero attached hydrogens (tertiary/aromatic N) is 2. The van der Waals surface area contributed by atoms with Crippen LogP contribution in [-0.2, 0) is 0 Å². The van der Waals surface area contributed by atoms with E-state index < -0.39 is 5.82 Å². The van der Waals surface area contributed by atoms with E-state index in [-0.39, 0.29) is 5.88 Å². The lowest BCUT2D eigenvalue weighted by atomic mass is 10.1. The highest BCUT2D eigenvalue weighted by Gasteiger charge is 2.09. The second kappa shape index (κ2) is 5.51. The zero-order valence-electron chi connectivity index (χ0n) is 10.7. The largest absolute Gasteiger partial charge is 0.438 e. The first-order chi connectivity index (χ1) is 10.2. The SMILES string of the molecule is N#Cc1cc(Oc2cc(F)ccc2Br)nc2ccccc12. The fourth-order valence-corrected chi connectivity index (χ4v) is 2.29. The summed E-state index contributed by atoms with van der Waals surface area (Å²) in [6.45, 7) is 0. The number of hydrogen-bond acceptors (Lipinski definition) is 3. The summed E-state index contributed by atoms with van der Waals surface area (Å²) in [5.41, 5.74) is 1.11. The number of nitriles is 1. The fraction of sp³-hybridized carbons (Fsp3) is 0. The first-order valence-electron chi connectivity index (χ1n) is 6.10. The third kappa shape index (κ3) is 2.71. The Hall–Kier alpha value is -2.45. The van der Waals surface area contributed by atoms with Crippen LogP contribution in [0.3, 0.4) is 0 Å². The molecule has 102 valence electrons. The monoisotopic (exact) mass is 342 g/mol. The van der Waals surface area contributed by atoms with Gasteiger partial charge in [-0.05, 0) is 34.1 Å². The molecule has 3 rings (SSSR count). The highest BCUT2D eigenvalue weighted by atomic mass is 79.9. The first-order valence-corrected chi connectivity index (χ1v) is 6.89. The van der Waals surface area contributed by atoms with Crippen molar-refractivity contribution < 1.29 is 9.13 Å². The fourth-order valence-electron chi connectivity index (χ4n) is 1.96. The topological polar surface area (TPSA) is 45.9 Å². The number of aromatic nitrogens is 1. The van der Waals surface area contributed by atoms with Crippen LogP contribution in [0.5, 0.6) is 11.6 Å². The number of ether oxygens (including phenoxy) is 1. The van der Waals surface area contributed by atoms with Gasteiger partial charge in [0.2, 0.25) is 5.88 Å². The molecular weight excluding hydrogens is 335 g/mol. The molecule has 1 aromatic heterocycles. The van der Waals surface area contributed by atoms with E-state index in [4.69, 9.17) is 4.74 Å². The molecule has 0 atom stereocenters. The molecule has 2 aromatic carbocycles. The van der Waals surface area contributed by atoms with Gasteiger partial charge in [-0.25, -0.2) is 9.37 Å². The van der Waals surface area contributed by atoms with Crippen molar-refractivity contribution in [2.75, 3.05) is 0 Å². The van der Waals surface area contributed by atoms with E-state index in [1.165, 1.54) is 12.1 Å². The van der Waals surface area contributed by atoms with Gasteiger partial charge < -0.3 is 4.74 Å². The maximum absolute atomic E-state index is 13.3. The lowest BCUT2D eigenvalue weighted by Gasteiger charge is -2.08. The van der Waals surface area contributed by atoms with Crippen LogP contribution in [0, 0.1) is 17.1 Å². The summed E-state index contributed by atoms with van der Waals surface area (Å²) in [7, 11) is 0. The van der Waals surface area contributed by atoms with Crippen molar-refractivity contribution in [1.29, 1.82) is 5.26 Å². The van der Waals surface area contributed by atoms with E-state index in [9.17, 15) is 9.65 Å². The van der Waals surface area contributed by atoms with Gasteiger partial charge in [0, 0.05) is 17.5 Å². The Morgan fingerprint density at radius 3 is 2.76 bits per heavy atom. The van der Waals surface area contributed by atoms with Crippen molar-refractivity contribution in [2.24, 2.45) is 0 Å². The van der Waals surface area contributed by atoms with Crippen LogP contribution in [0.4, 0.5) is 4.39 Å². The van der Waals surface area contributed by atoms with Crippen LogP contribution >= 0.6 is 15.9 Å². The molecular formula is C16H8BrFN2O. The average Bonchev–Trinajstić information content (AvgIpc) is 2.50. The van der Waals surface area contributed by atoms with E-state index >= 15 is 0 Å². The van der Waals surface area contributed by atoms with Gasteiger partial charge in [-0.3, -0.25) is 0 Å². The van der Waals surface area contributed by atoms with Crippen molar-refractivity contribution in [3.63, 3.8) is 0 Å². The van der Waals surface area contributed by atoms with Gasteiger partial charge in [0.05, 0.1) is 15.6 Å². The summed E-state index contributed by atoms with van der Waals surface area (Å²) in [6, 6.07) is 15.1. The summed E-state index contributed by atoms with van der Waals surface area (Å²) < 4.78 is 19.5. The molecule has 0 bridgehead atoms. The van der Waals surface area contributed by atoms with Gasteiger partial charge in [0.1, 0.15) is 17.6 Å². The minimum atomic E-state index is -0.408. The molecule has 0 radical (unpaired) electrons. The zero-order chi connectivity index (χ0) is 14.8. The van der Waals surface area contributed by atoms with Crippen molar-refractivity contribution in [3.05, 3.63) is 64.4 Å². The molecule has 21 heavy (non-hydrogen) atoms. The summed E-state index contributed by atoms with van der Waals surface area (Å²) in [5, 5.41) is 9.98. The molecule has 0 spiro atoms. The molecule has 0 aliphatic carbocycles. The van der Waals surface area contributed by atoms with Gasteiger partial charge in [0.15, 0.2) is 0 Å². The Labute approximate surface area is 128 Å². The molecule has 5 heteroatoms. The van der Waals surface area contributed by atoms with Crippen molar-refractivity contribution in [2.45, 2.75) is 0 Å². The zero-order valence-corrected chi connectivity index (χ0v) is 12.3. The molecule has 0 fully saturated rings. The molecule has 0 amide bonds. The van der Waals surface area contributed by atoms with E-state index in [0.29, 0.717) is 21.3 Å². The number of fused-ring (bicyclic) bond motifs is 1. The van der Waals surface area contributed by atoms with Crippen LogP contribution in [0.25, 0.3) is 10.9 Å². The van der Waals surface area contributed by atoms with E-state index in [1.54, 1.807) is 18.2 Å². The summed E-state index contributed by atoms with van der Waals surface area (Å²) in [4.78, 5) is 4.33. The predicted molar refractivity (Wildman–Crippen MR) is 80.6 cm³/mol. The van der Waals surface area contributed by atoms with Gasteiger partial charge >= 0.3 is 0 Å². The summed E-state index contributed by atoms with van der Waals surface area (Å²) in [6.07, 6.45) is 0. The highest BCUT2D eigenvalue weighted by Crippen LogP contribution is 2.31. The molecule has 0 saturated heterocycles. The first kappa shape index (κ1) is 13.5. The Balaban J connectivity index is 2.09. The molecule has 3 aromatic rings. The quantitative estimate of drug-likeness (QED) is 0.671. The standard InChI is InChI=1S/C16H8BrFN2O/c17-13-6-5-11(18)8-15(13)21-16-7-10(9-19)12-3-1-2-4-14(12)20-16/h1-8H. The molecule has 1 heterocycles. The Kier molecular flexibility index (Phi) is 3.55. The molecule has 3 nitrogen and oxygen atoms in total. The van der Waals surface area contributed by atoms with Crippen LogP contribution in [-0.4, -0.2) is 4.98 Å². The van der Waals surface area contributed by atoms with Crippen LogP contribution in [0.1, 0.15) is 5.56 Å². The predicted octanol–water partition coefficient (Wildman–Crippen LogP) is 4.80. The molecule has 0 saturated carbocycles. The minimum absolute atomic E-state index is 0.247. The number of rotatable bonds is 2. The lowest BCUT2D eigenvalue weighted by molar-refractivity contribution is 0.457. The number of hydrogen-bond donors (Lipinski definition) is 0. The Bertz CT molecular complexity index is 874. The number of pyridine rings is 1. The van der Waals surface area contributed by atoms with Crippen molar-refractivity contribution in [3.8, 4) is 17.7 Å².